The van der Waals surface area contributed by atoms with Gasteiger partial charge in [0.1, 0.15) is 10.7 Å². The molecular weight excluding hydrogens is 277 g/mol. The van der Waals surface area contributed by atoms with Crippen molar-refractivity contribution < 1.29 is 12.8 Å². The lowest BCUT2D eigenvalue weighted by Crippen LogP contribution is -2.37. The maximum Gasteiger partial charge on any atom is 0.245 e. The molecule has 1 aliphatic rings. The molecule has 1 aliphatic carbocycles. The molecule has 112 valence electrons. The highest BCUT2D eigenvalue weighted by atomic mass is 32.2. The molecule has 3 nitrogen and oxygen atoms in total. The van der Waals surface area contributed by atoms with Gasteiger partial charge in [0.25, 0.3) is 0 Å². The Morgan fingerprint density at radius 2 is 1.75 bits per heavy atom. The number of nitrogens with zero attached hydrogens (tertiary/aromatic N) is 1. The Bertz CT molecular complexity index is 563. The summed E-state index contributed by atoms with van der Waals surface area (Å²) >= 11 is 0. The van der Waals surface area contributed by atoms with Crippen LogP contribution < -0.4 is 0 Å². The summed E-state index contributed by atoms with van der Waals surface area (Å²) in [4.78, 5) is -0.204. The first kappa shape index (κ1) is 15.4. The monoisotopic (exact) mass is 299 g/mol. The highest BCUT2D eigenvalue weighted by Crippen LogP contribution is 2.27. The quantitative estimate of drug-likeness (QED) is 0.801. The first-order valence-electron chi connectivity index (χ1n) is 7.17. The molecular formula is C15H22FNO2S. The van der Waals surface area contributed by atoms with E-state index in [-0.39, 0.29) is 10.9 Å². The molecule has 0 aromatic heterocycles. The minimum Gasteiger partial charge on any atom is -0.207 e. The molecule has 1 aromatic carbocycles. The van der Waals surface area contributed by atoms with Crippen molar-refractivity contribution in [2.75, 3.05) is 7.05 Å². The third-order valence-electron chi connectivity index (χ3n) is 4.08. The highest BCUT2D eigenvalue weighted by Gasteiger charge is 2.30. The van der Waals surface area contributed by atoms with E-state index in [4.69, 9.17) is 0 Å². The molecule has 1 aromatic rings. The molecule has 0 bridgehead atoms. The Hall–Kier alpha value is -0.940. The zero-order chi connectivity index (χ0) is 14.8. The number of sulfonamides is 1. The SMILES string of the molecule is Cc1ccc(F)c(S(=O)(=O)N(C)C2CCCCCC2)c1. The van der Waals surface area contributed by atoms with Crippen molar-refractivity contribution in [1.82, 2.24) is 4.31 Å². The van der Waals surface area contributed by atoms with Crippen molar-refractivity contribution in [3.05, 3.63) is 29.6 Å². The van der Waals surface area contributed by atoms with Gasteiger partial charge in [-0.1, -0.05) is 31.7 Å². The fourth-order valence-electron chi connectivity index (χ4n) is 2.78. The van der Waals surface area contributed by atoms with Crippen LogP contribution in [0.4, 0.5) is 4.39 Å². The van der Waals surface area contributed by atoms with Crippen molar-refractivity contribution >= 4 is 10.0 Å². The number of rotatable bonds is 3. The van der Waals surface area contributed by atoms with E-state index in [1.54, 1.807) is 20.0 Å². The molecule has 0 unspecified atom stereocenters. The molecule has 2 rings (SSSR count). The summed E-state index contributed by atoms with van der Waals surface area (Å²) in [5, 5.41) is 0. The molecule has 5 heteroatoms. The Morgan fingerprint density at radius 3 is 2.35 bits per heavy atom. The second kappa shape index (κ2) is 6.22. The van der Waals surface area contributed by atoms with Crippen molar-refractivity contribution in [2.24, 2.45) is 0 Å². The number of aryl methyl sites for hydroxylation is 1. The zero-order valence-corrected chi connectivity index (χ0v) is 12.9. The Balaban J connectivity index is 2.31. The van der Waals surface area contributed by atoms with Gasteiger partial charge in [-0.2, -0.15) is 4.31 Å². The number of halogens is 1. The average molecular weight is 299 g/mol. The normalized spacial score (nSPS) is 18.2. The maximum atomic E-state index is 13.9. The summed E-state index contributed by atoms with van der Waals surface area (Å²) in [6.07, 6.45) is 6.13. The van der Waals surface area contributed by atoms with Crippen molar-refractivity contribution in [3.8, 4) is 0 Å². The van der Waals surface area contributed by atoms with Crippen LogP contribution in [0.3, 0.4) is 0 Å². The van der Waals surface area contributed by atoms with Gasteiger partial charge < -0.3 is 0 Å². The zero-order valence-electron chi connectivity index (χ0n) is 12.1. The number of hydrogen-bond acceptors (Lipinski definition) is 2. The molecule has 0 atom stereocenters. The van der Waals surface area contributed by atoms with E-state index in [0.29, 0.717) is 0 Å². The number of benzene rings is 1. The molecule has 0 spiro atoms. The summed E-state index contributed by atoms with van der Waals surface area (Å²) in [5.74, 6) is -0.670. The lowest BCUT2D eigenvalue weighted by Gasteiger charge is -2.26. The van der Waals surface area contributed by atoms with Crippen LogP contribution in [-0.4, -0.2) is 25.8 Å². The molecule has 0 N–H and O–H groups in total. The minimum atomic E-state index is -3.75. The van der Waals surface area contributed by atoms with Crippen molar-refractivity contribution in [1.29, 1.82) is 0 Å². The van der Waals surface area contributed by atoms with E-state index in [1.807, 2.05) is 0 Å². The smallest absolute Gasteiger partial charge is 0.207 e. The summed E-state index contributed by atoms with van der Waals surface area (Å²) in [6, 6.07) is 4.21. The van der Waals surface area contributed by atoms with Gasteiger partial charge >= 0.3 is 0 Å². The topological polar surface area (TPSA) is 37.4 Å². The van der Waals surface area contributed by atoms with Gasteiger partial charge in [0.05, 0.1) is 0 Å². The van der Waals surface area contributed by atoms with E-state index >= 15 is 0 Å². The second-order valence-corrected chi connectivity index (χ2v) is 7.57. The Kier molecular flexibility index (Phi) is 4.81. The minimum absolute atomic E-state index is 0.0117. The summed E-state index contributed by atoms with van der Waals surface area (Å²) in [6.45, 7) is 1.77. The summed E-state index contributed by atoms with van der Waals surface area (Å²) in [5.41, 5.74) is 0.749. The van der Waals surface area contributed by atoms with Gasteiger partial charge in [-0.25, -0.2) is 12.8 Å². The third-order valence-corrected chi connectivity index (χ3v) is 6.01. The predicted molar refractivity (Wildman–Crippen MR) is 77.6 cm³/mol. The van der Waals surface area contributed by atoms with Crippen LogP contribution in [0.15, 0.2) is 23.1 Å². The molecule has 20 heavy (non-hydrogen) atoms. The van der Waals surface area contributed by atoms with Gasteiger partial charge in [0, 0.05) is 13.1 Å². The van der Waals surface area contributed by atoms with Gasteiger partial charge in [0.15, 0.2) is 0 Å². The first-order valence-corrected chi connectivity index (χ1v) is 8.61. The first-order chi connectivity index (χ1) is 9.43. The number of hydrogen-bond donors (Lipinski definition) is 0. The standard InChI is InChI=1S/C15H22FNO2S/c1-12-9-10-14(16)15(11-12)20(18,19)17(2)13-7-5-3-4-6-8-13/h9-11,13H,3-8H2,1-2H3. The van der Waals surface area contributed by atoms with Gasteiger partial charge in [0.2, 0.25) is 10.0 Å². The molecule has 0 heterocycles. The van der Waals surface area contributed by atoms with Crippen LogP contribution in [0.1, 0.15) is 44.1 Å². The molecule has 0 radical (unpaired) electrons. The van der Waals surface area contributed by atoms with Crippen molar-refractivity contribution in [2.45, 2.75) is 56.4 Å². The van der Waals surface area contributed by atoms with E-state index in [2.05, 4.69) is 0 Å². The molecule has 1 fully saturated rings. The summed E-state index contributed by atoms with van der Waals surface area (Å²) < 4.78 is 40.4. The fourth-order valence-corrected chi connectivity index (χ4v) is 4.34. The van der Waals surface area contributed by atoms with Crippen LogP contribution in [0, 0.1) is 12.7 Å². The molecule has 0 amide bonds. The van der Waals surface area contributed by atoms with Crippen LogP contribution in [0.25, 0.3) is 0 Å². The largest absolute Gasteiger partial charge is 0.245 e. The van der Waals surface area contributed by atoms with E-state index in [0.717, 1.165) is 44.1 Å². The van der Waals surface area contributed by atoms with Crippen molar-refractivity contribution in [3.63, 3.8) is 0 Å². The van der Waals surface area contributed by atoms with E-state index < -0.39 is 15.8 Å². The predicted octanol–water partition coefficient (Wildman–Crippen LogP) is 3.48. The average Bonchev–Trinajstić information content (AvgIpc) is 2.69. The second-order valence-electron chi connectivity index (χ2n) is 5.60. The van der Waals surface area contributed by atoms with Crippen LogP contribution >= 0.6 is 0 Å². The summed E-state index contributed by atoms with van der Waals surface area (Å²) in [7, 11) is -2.17. The maximum absolute atomic E-state index is 13.9. The Morgan fingerprint density at radius 1 is 1.15 bits per heavy atom. The highest BCUT2D eigenvalue weighted by molar-refractivity contribution is 7.89. The third kappa shape index (κ3) is 3.20. The molecule has 0 saturated heterocycles. The Labute approximate surface area is 120 Å². The van der Waals surface area contributed by atoms with Gasteiger partial charge in [-0.15, -0.1) is 0 Å². The van der Waals surface area contributed by atoms with Crippen LogP contribution in [0.2, 0.25) is 0 Å². The van der Waals surface area contributed by atoms with E-state index in [1.165, 1.54) is 16.4 Å². The van der Waals surface area contributed by atoms with Crippen LogP contribution in [-0.2, 0) is 10.0 Å². The van der Waals surface area contributed by atoms with E-state index in [9.17, 15) is 12.8 Å². The molecule has 1 saturated carbocycles. The lowest BCUT2D eigenvalue weighted by molar-refractivity contribution is 0.334. The van der Waals surface area contributed by atoms with Gasteiger partial charge in [-0.05, 0) is 37.5 Å². The lowest BCUT2D eigenvalue weighted by atomic mass is 10.1. The molecule has 0 aliphatic heterocycles. The van der Waals surface area contributed by atoms with Gasteiger partial charge in [-0.3, -0.25) is 0 Å². The van der Waals surface area contributed by atoms with Crippen LogP contribution in [0.5, 0.6) is 0 Å². The fraction of sp³-hybridized carbons (Fsp3) is 0.600.